The van der Waals surface area contributed by atoms with Gasteiger partial charge in [0, 0.05) is 69.1 Å². The fraction of sp³-hybridized carbons (Fsp3) is 0.300. The molecule has 10 heteroatoms. The van der Waals surface area contributed by atoms with Crippen molar-refractivity contribution >= 4 is 39.1 Å². The Hall–Kier alpha value is -3.53. The molecule has 0 saturated carbocycles. The number of amides is 1. The summed E-state index contributed by atoms with van der Waals surface area (Å²) in [5, 5.41) is 16.1. The maximum Gasteiger partial charge on any atom is 0.276 e. The van der Waals surface area contributed by atoms with E-state index in [1.807, 2.05) is 13.2 Å². The molecule has 0 radical (unpaired) electrons. The molecular formula is C20H21FN8O. The van der Waals surface area contributed by atoms with Gasteiger partial charge in [0.15, 0.2) is 11.5 Å². The molecule has 0 unspecified atom stereocenters. The Morgan fingerprint density at radius 2 is 1.83 bits per heavy atom. The molecule has 1 aliphatic rings. The molecule has 1 saturated heterocycles. The van der Waals surface area contributed by atoms with E-state index in [1.165, 1.54) is 10.7 Å². The smallest absolute Gasteiger partial charge is 0.276 e. The van der Waals surface area contributed by atoms with Crippen LogP contribution in [0.25, 0.3) is 21.8 Å². The van der Waals surface area contributed by atoms with E-state index in [9.17, 15) is 9.18 Å². The van der Waals surface area contributed by atoms with Crippen LogP contribution < -0.4 is 15.5 Å². The number of fused-ring (bicyclic) bond motifs is 2. The van der Waals surface area contributed by atoms with Crippen LogP contribution in [0.1, 0.15) is 10.5 Å². The van der Waals surface area contributed by atoms with Gasteiger partial charge in [-0.15, -0.1) is 0 Å². The van der Waals surface area contributed by atoms with Crippen LogP contribution in [0.5, 0.6) is 0 Å². The van der Waals surface area contributed by atoms with Crippen LogP contribution in [-0.2, 0) is 14.1 Å². The third kappa shape index (κ3) is 3.14. The minimum Gasteiger partial charge on any atom is -0.367 e. The summed E-state index contributed by atoms with van der Waals surface area (Å²) in [7, 11) is 3.54. The molecule has 1 aromatic carbocycles. The Bertz CT molecular complexity index is 1270. The first-order valence-corrected chi connectivity index (χ1v) is 9.72. The second kappa shape index (κ2) is 7.06. The lowest BCUT2D eigenvalue weighted by Gasteiger charge is -2.29. The summed E-state index contributed by atoms with van der Waals surface area (Å²) in [6.45, 7) is 3.52. The molecule has 1 fully saturated rings. The number of carbonyl (C=O) groups is 1. The summed E-state index contributed by atoms with van der Waals surface area (Å²) in [5.41, 5.74) is 2.29. The van der Waals surface area contributed by atoms with Gasteiger partial charge in [0.2, 0.25) is 0 Å². The normalized spacial score (nSPS) is 14.6. The summed E-state index contributed by atoms with van der Waals surface area (Å²) in [6, 6.07) is 2.95. The summed E-state index contributed by atoms with van der Waals surface area (Å²) in [6.07, 6.45) is 5.31. The molecule has 1 aliphatic heterocycles. The second-order valence-corrected chi connectivity index (χ2v) is 7.45. The van der Waals surface area contributed by atoms with E-state index in [1.54, 1.807) is 30.2 Å². The first kappa shape index (κ1) is 18.5. The van der Waals surface area contributed by atoms with Crippen molar-refractivity contribution in [1.29, 1.82) is 0 Å². The molecule has 9 nitrogen and oxygen atoms in total. The number of benzene rings is 1. The van der Waals surface area contributed by atoms with Crippen molar-refractivity contribution in [2.45, 2.75) is 0 Å². The van der Waals surface area contributed by atoms with Gasteiger partial charge in [0.1, 0.15) is 11.0 Å². The number of nitrogens with one attached hydrogen (secondary N) is 2. The maximum atomic E-state index is 14.4. The van der Waals surface area contributed by atoms with E-state index in [-0.39, 0.29) is 11.2 Å². The number of aryl methyl sites for hydroxylation is 2. The van der Waals surface area contributed by atoms with Crippen molar-refractivity contribution in [2.24, 2.45) is 14.1 Å². The lowest BCUT2D eigenvalue weighted by molar-refractivity contribution is 0.102. The number of halogens is 1. The molecular weight excluding hydrogens is 387 g/mol. The number of piperazine rings is 1. The van der Waals surface area contributed by atoms with Gasteiger partial charge in [-0.1, -0.05) is 0 Å². The predicted molar refractivity (Wildman–Crippen MR) is 112 cm³/mol. The molecule has 5 rings (SSSR count). The minimum absolute atomic E-state index is 0.205. The molecule has 0 spiro atoms. The van der Waals surface area contributed by atoms with Gasteiger partial charge >= 0.3 is 0 Å². The lowest BCUT2D eigenvalue weighted by atomic mass is 10.1. The number of rotatable bonds is 3. The monoisotopic (exact) mass is 408 g/mol. The number of pyridine rings is 1. The Kier molecular flexibility index (Phi) is 4.35. The average molecular weight is 408 g/mol. The zero-order valence-electron chi connectivity index (χ0n) is 16.7. The first-order chi connectivity index (χ1) is 14.5. The molecule has 0 atom stereocenters. The van der Waals surface area contributed by atoms with Crippen molar-refractivity contribution in [3.63, 3.8) is 0 Å². The summed E-state index contributed by atoms with van der Waals surface area (Å²) in [5.74, 6) is -0.929. The van der Waals surface area contributed by atoms with E-state index in [2.05, 4.69) is 30.7 Å². The molecule has 4 heterocycles. The van der Waals surface area contributed by atoms with Crippen molar-refractivity contribution in [3.05, 3.63) is 42.2 Å². The first-order valence-electron chi connectivity index (χ1n) is 9.72. The zero-order chi connectivity index (χ0) is 20.8. The van der Waals surface area contributed by atoms with Crippen LogP contribution in [0.2, 0.25) is 0 Å². The maximum absolute atomic E-state index is 14.4. The van der Waals surface area contributed by atoms with E-state index >= 15 is 0 Å². The standard InChI is InChI=1S/C20H21FN8O/c1-27-10-12-7-13(8-15(21)17(12)25-27)24-20(30)19-18-14(11-28(2)26-18)16(9-23-19)29-5-3-22-4-6-29/h7-11,22H,3-6H2,1-2H3,(H,24,30). The van der Waals surface area contributed by atoms with Gasteiger partial charge in [-0.05, 0) is 12.1 Å². The number of aromatic nitrogens is 5. The molecule has 2 N–H and O–H groups in total. The van der Waals surface area contributed by atoms with Crippen molar-refractivity contribution in [1.82, 2.24) is 29.9 Å². The highest BCUT2D eigenvalue weighted by Crippen LogP contribution is 2.28. The van der Waals surface area contributed by atoms with Crippen molar-refractivity contribution in [3.8, 4) is 0 Å². The van der Waals surface area contributed by atoms with Crippen molar-refractivity contribution in [2.75, 3.05) is 36.4 Å². The van der Waals surface area contributed by atoms with E-state index in [4.69, 9.17) is 0 Å². The van der Waals surface area contributed by atoms with E-state index in [0.717, 1.165) is 37.3 Å². The van der Waals surface area contributed by atoms with Crippen molar-refractivity contribution < 1.29 is 9.18 Å². The topological polar surface area (TPSA) is 92.9 Å². The molecule has 3 aromatic heterocycles. The largest absolute Gasteiger partial charge is 0.367 e. The lowest BCUT2D eigenvalue weighted by Crippen LogP contribution is -2.43. The molecule has 154 valence electrons. The summed E-state index contributed by atoms with van der Waals surface area (Å²) < 4.78 is 17.6. The minimum atomic E-state index is -0.492. The fourth-order valence-corrected chi connectivity index (χ4v) is 3.91. The number of hydrogen-bond acceptors (Lipinski definition) is 6. The Morgan fingerprint density at radius 1 is 1.10 bits per heavy atom. The summed E-state index contributed by atoms with van der Waals surface area (Å²) in [4.78, 5) is 19.6. The number of hydrogen-bond donors (Lipinski definition) is 2. The highest BCUT2D eigenvalue weighted by molar-refractivity contribution is 6.12. The highest BCUT2D eigenvalue weighted by Gasteiger charge is 2.21. The second-order valence-electron chi connectivity index (χ2n) is 7.45. The summed E-state index contributed by atoms with van der Waals surface area (Å²) >= 11 is 0. The van der Waals surface area contributed by atoms with Crippen LogP contribution in [0.15, 0.2) is 30.7 Å². The third-order valence-electron chi connectivity index (χ3n) is 5.25. The van der Waals surface area contributed by atoms with Crippen LogP contribution >= 0.6 is 0 Å². The van der Waals surface area contributed by atoms with Crippen LogP contribution in [0, 0.1) is 5.82 Å². The molecule has 0 aliphatic carbocycles. The van der Waals surface area contributed by atoms with Gasteiger partial charge in [-0.2, -0.15) is 10.2 Å². The van der Waals surface area contributed by atoms with Gasteiger partial charge in [-0.25, -0.2) is 9.37 Å². The SMILES string of the molecule is Cn1cc2cc(NC(=O)c3ncc(N4CCNCC4)c4cn(C)nc34)cc(F)c2n1. The van der Waals surface area contributed by atoms with E-state index < -0.39 is 11.7 Å². The Balaban J connectivity index is 1.51. The number of nitrogens with zero attached hydrogens (tertiary/aromatic N) is 6. The molecule has 1 amide bonds. The number of carbonyl (C=O) groups excluding carboxylic acids is 1. The third-order valence-corrected chi connectivity index (χ3v) is 5.25. The average Bonchev–Trinajstić information content (AvgIpc) is 3.29. The molecule has 30 heavy (non-hydrogen) atoms. The van der Waals surface area contributed by atoms with Gasteiger partial charge in [0.25, 0.3) is 5.91 Å². The van der Waals surface area contributed by atoms with Crippen LogP contribution in [0.4, 0.5) is 15.8 Å². The Labute approximate surface area is 171 Å². The van der Waals surface area contributed by atoms with E-state index in [0.29, 0.717) is 16.6 Å². The van der Waals surface area contributed by atoms with Crippen LogP contribution in [-0.4, -0.2) is 56.6 Å². The molecule has 4 aromatic rings. The highest BCUT2D eigenvalue weighted by atomic mass is 19.1. The zero-order valence-corrected chi connectivity index (χ0v) is 16.7. The molecule has 0 bridgehead atoms. The van der Waals surface area contributed by atoms with Gasteiger partial charge < -0.3 is 15.5 Å². The number of anilines is 2. The predicted octanol–water partition coefficient (Wildman–Crippen LogP) is 1.66. The van der Waals surface area contributed by atoms with Crippen LogP contribution in [0.3, 0.4) is 0 Å². The fourth-order valence-electron chi connectivity index (χ4n) is 3.91. The van der Waals surface area contributed by atoms with Gasteiger partial charge in [-0.3, -0.25) is 14.2 Å². The quantitative estimate of drug-likeness (QED) is 0.536. The Morgan fingerprint density at radius 3 is 2.63 bits per heavy atom. The van der Waals surface area contributed by atoms with Gasteiger partial charge in [0.05, 0.1) is 11.9 Å².